The SMILES string of the molecule is CC(C)CCn1cc(C(=O)NC2CCC(N)CC2)nn1.Cl. The van der Waals surface area contributed by atoms with Gasteiger partial charge in [0.2, 0.25) is 0 Å². The fourth-order valence-electron chi connectivity index (χ4n) is 2.43. The molecule has 1 heterocycles. The van der Waals surface area contributed by atoms with Crippen LogP contribution >= 0.6 is 12.4 Å². The molecule has 3 N–H and O–H groups in total. The van der Waals surface area contributed by atoms with Crippen LogP contribution in [0, 0.1) is 5.92 Å². The van der Waals surface area contributed by atoms with Crippen LogP contribution in [0.4, 0.5) is 0 Å². The quantitative estimate of drug-likeness (QED) is 0.866. The zero-order valence-corrected chi connectivity index (χ0v) is 13.6. The fraction of sp³-hybridized carbons (Fsp3) is 0.786. The molecule has 1 aromatic heterocycles. The molecule has 1 amide bonds. The summed E-state index contributed by atoms with van der Waals surface area (Å²) < 4.78 is 1.74. The Bertz CT molecular complexity index is 440. The van der Waals surface area contributed by atoms with E-state index < -0.39 is 0 Å². The van der Waals surface area contributed by atoms with Crippen LogP contribution in [0.25, 0.3) is 0 Å². The fourth-order valence-corrected chi connectivity index (χ4v) is 2.43. The van der Waals surface area contributed by atoms with Gasteiger partial charge in [0.05, 0.1) is 6.20 Å². The summed E-state index contributed by atoms with van der Waals surface area (Å²) in [7, 11) is 0. The van der Waals surface area contributed by atoms with Crippen molar-refractivity contribution < 1.29 is 4.79 Å². The lowest BCUT2D eigenvalue weighted by molar-refractivity contribution is 0.0920. The molecule has 1 aliphatic carbocycles. The van der Waals surface area contributed by atoms with Crippen LogP contribution in [0.15, 0.2) is 6.20 Å². The van der Waals surface area contributed by atoms with Crippen molar-refractivity contribution in [3.63, 3.8) is 0 Å². The van der Waals surface area contributed by atoms with Gasteiger partial charge < -0.3 is 11.1 Å². The van der Waals surface area contributed by atoms with Crippen LogP contribution < -0.4 is 11.1 Å². The van der Waals surface area contributed by atoms with E-state index in [0.717, 1.165) is 38.6 Å². The topological polar surface area (TPSA) is 85.8 Å². The maximum atomic E-state index is 12.1. The van der Waals surface area contributed by atoms with Crippen molar-refractivity contribution in [2.24, 2.45) is 11.7 Å². The number of aromatic nitrogens is 3. The Labute approximate surface area is 132 Å². The average molecular weight is 316 g/mol. The standard InChI is InChI=1S/C14H25N5O.ClH/c1-10(2)7-8-19-9-13(17-18-19)14(20)16-12-5-3-11(15)4-6-12;/h9-12H,3-8,15H2,1-2H3,(H,16,20);1H. The monoisotopic (exact) mass is 315 g/mol. The van der Waals surface area contributed by atoms with E-state index in [1.54, 1.807) is 10.9 Å². The third-order valence-electron chi connectivity index (χ3n) is 3.81. The van der Waals surface area contributed by atoms with Crippen LogP contribution in [-0.2, 0) is 6.54 Å². The van der Waals surface area contributed by atoms with E-state index in [9.17, 15) is 4.79 Å². The number of carbonyl (C=O) groups excluding carboxylic acids is 1. The first-order chi connectivity index (χ1) is 9.54. The number of halogens is 1. The molecule has 0 unspecified atom stereocenters. The predicted octanol–water partition coefficient (Wildman–Crippen LogP) is 1.75. The Morgan fingerprint density at radius 1 is 1.43 bits per heavy atom. The van der Waals surface area contributed by atoms with Crippen molar-refractivity contribution in [2.75, 3.05) is 0 Å². The third kappa shape index (κ3) is 5.63. The van der Waals surface area contributed by atoms with Crippen molar-refractivity contribution in [3.05, 3.63) is 11.9 Å². The number of amides is 1. The van der Waals surface area contributed by atoms with Crippen LogP contribution in [0.3, 0.4) is 0 Å². The first-order valence-electron chi connectivity index (χ1n) is 7.51. The smallest absolute Gasteiger partial charge is 0.273 e. The summed E-state index contributed by atoms with van der Waals surface area (Å²) in [5, 5.41) is 11.0. The molecule has 1 saturated carbocycles. The van der Waals surface area contributed by atoms with Crippen LogP contribution in [0.2, 0.25) is 0 Å². The first-order valence-corrected chi connectivity index (χ1v) is 7.51. The normalized spacial score (nSPS) is 21.9. The number of hydrogen-bond acceptors (Lipinski definition) is 4. The number of carbonyl (C=O) groups is 1. The Kier molecular flexibility index (Phi) is 7.11. The summed E-state index contributed by atoms with van der Waals surface area (Å²) in [4.78, 5) is 12.1. The molecule has 21 heavy (non-hydrogen) atoms. The maximum Gasteiger partial charge on any atom is 0.273 e. The van der Waals surface area contributed by atoms with Gasteiger partial charge in [0, 0.05) is 18.6 Å². The minimum Gasteiger partial charge on any atom is -0.348 e. The minimum atomic E-state index is -0.124. The molecule has 120 valence electrons. The number of rotatable bonds is 5. The molecule has 6 nitrogen and oxygen atoms in total. The van der Waals surface area contributed by atoms with Gasteiger partial charge in [-0.3, -0.25) is 9.48 Å². The highest BCUT2D eigenvalue weighted by atomic mass is 35.5. The number of hydrogen-bond donors (Lipinski definition) is 2. The van der Waals surface area contributed by atoms with Crippen LogP contribution in [0.1, 0.15) is 56.4 Å². The van der Waals surface area contributed by atoms with Gasteiger partial charge in [-0.15, -0.1) is 17.5 Å². The average Bonchev–Trinajstić information content (AvgIpc) is 2.88. The molecule has 1 aliphatic rings. The van der Waals surface area contributed by atoms with Crippen LogP contribution in [-0.4, -0.2) is 33.0 Å². The molecule has 0 spiro atoms. The third-order valence-corrected chi connectivity index (χ3v) is 3.81. The molecule has 0 aliphatic heterocycles. The lowest BCUT2D eigenvalue weighted by atomic mass is 9.92. The van der Waals surface area contributed by atoms with Gasteiger partial charge >= 0.3 is 0 Å². The molecule has 0 radical (unpaired) electrons. The molecular weight excluding hydrogens is 290 g/mol. The van der Waals surface area contributed by atoms with Gasteiger partial charge in [-0.05, 0) is 38.0 Å². The summed E-state index contributed by atoms with van der Waals surface area (Å²) in [6.45, 7) is 5.13. The summed E-state index contributed by atoms with van der Waals surface area (Å²) in [5.74, 6) is 0.490. The Morgan fingerprint density at radius 2 is 2.10 bits per heavy atom. The second-order valence-corrected chi connectivity index (χ2v) is 6.13. The first kappa shape index (κ1) is 17.9. The predicted molar refractivity (Wildman–Crippen MR) is 84.4 cm³/mol. The molecule has 7 heteroatoms. The zero-order valence-electron chi connectivity index (χ0n) is 12.8. The number of nitrogens with one attached hydrogen (secondary N) is 1. The second kappa shape index (κ2) is 8.34. The summed E-state index contributed by atoms with van der Waals surface area (Å²) in [5.41, 5.74) is 6.27. The number of nitrogens with two attached hydrogens (primary N) is 1. The second-order valence-electron chi connectivity index (χ2n) is 6.13. The number of nitrogens with zero attached hydrogens (tertiary/aromatic N) is 3. The van der Waals surface area contributed by atoms with Gasteiger partial charge in [-0.1, -0.05) is 19.1 Å². The molecule has 2 rings (SSSR count). The van der Waals surface area contributed by atoms with E-state index >= 15 is 0 Å². The molecule has 0 bridgehead atoms. The Balaban J connectivity index is 0.00000220. The summed E-state index contributed by atoms with van der Waals surface area (Å²) >= 11 is 0. The molecule has 1 fully saturated rings. The highest BCUT2D eigenvalue weighted by Gasteiger charge is 2.21. The van der Waals surface area contributed by atoms with Crippen molar-refractivity contribution in [1.29, 1.82) is 0 Å². The number of aryl methyl sites for hydroxylation is 1. The highest BCUT2D eigenvalue weighted by molar-refractivity contribution is 5.92. The summed E-state index contributed by atoms with van der Waals surface area (Å²) in [6.07, 6.45) is 6.62. The zero-order chi connectivity index (χ0) is 14.5. The van der Waals surface area contributed by atoms with Crippen LogP contribution in [0.5, 0.6) is 0 Å². The molecule has 0 atom stereocenters. The molecule has 1 aromatic rings. The van der Waals surface area contributed by atoms with E-state index in [2.05, 4.69) is 29.5 Å². The maximum absolute atomic E-state index is 12.1. The van der Waals surface area contributed by atoms with Gasteiger partial charge in [-0.2, -0.15) is 0 Å². The van der Waals surface area contributed by atoms with Gasteiger partial charge in [0.15, 0.2) is 5.69 Å². The lowest BCUT2D eigenvalue weighted by Gasteiger charge is -2.26. The van der Waals surface area contributed by atoms with Crippen molar-refractivity contribution in [3.8, 4) is 0 Å². The van der Waals surface area contributed by atoms with Crippen molar-refractivity contribution >= 4 is 18.3 Å². The van der Waals surface area contributed by atoms with Crippen molar-refractivity contribution in [1.82, 2.24) is 20.3 Å². The molecule has 0 saturated heterocycles. The van der Waals surface area contributed by atoms with E-state index in [0.29, 0.717) is 17.7 Å². The molecular formula is C14H26ClN5O. The molecule has 0 aromatic carbocycles. The van der Waals surface area contributed by atoms with Gasteiger partial charge in [-0.25, -0.2) is 0 Å². The summed E-state index contributed by atoms with van der Waals surface area (Å²) in [6, 6.07) is 0.517. The van der Waals surface area contributed by atoms with E-state index in [1.807, 2.05) is 0 Å². The Morgan fingerprint density at radius 3 is 2.71 bits per heavy atom. The Hall–Kier alpha value is -1.14. The van der Waals surface area contributed by atoms with Crippen molar-refractivity contribution in [2.45, 2.75) is 64.6 Å². The highest BCUT2D eigenvalue weighted by Crippen LogP contribution is 2.17. The van der Waals surface area contributed by atoms with Gasteiger partial charge in [0.1, 0.15) is 0 Å². The van der Waals surface area contributed by atoms with E-state index in [4.69, 9.17) is 5.73 Å². The van der Waals surface area contributed by atoms with E-state index in [-0.39, 0.29) is 24.4 Å². The minimum absolute atomic E-state index is 0. The lowest BCUT2D eigenvalue weighted by Crippen LogP contribution is -2.40. The largest absolute Gasteiger partial charge is 0.348 e. The van der Waals surface area contributed by atoms with Gasteiger partial charge in [0.25, 0.3) is 5.91 Å². The van der Waals surface area contributed by atoms with E-state index in [1.165, 1.54) is 0 Å².